The van der Waals surface area contributed by atoms with Gasteiger partial charge in [-0.25, -0.2) is 13.1 Å². The highest BCUT2D eigenvalue weighted by molar-refractivity contribution is 7.89. The fourth-order valence-corrected chi connectivity index (χ4v) is 4.54. The van der Waals surface area contributed by atoms with E-state index in [1.807, 2.05) is 6.92 Å². The topological polar surface area (TPSA) is 66.4 Å². The Balaban J connectivity index is 2.82. The molecule has 18 heavy (non-hydrogen) atoms. The summed E-state index contributed by atoms with van der Waals surface area (Å²) in [4.78, 5) is 1.68. The molecule has 0 saturated carbocycles. The summed E-state index contributed by atoms with van der Waals surface area (Å²) in [6.07, 6.45) is 2.90. The van der Waals surface area contributed by atoms with Gasteiger partial charge in [0.25, 0.3) is 0 Å². The van der Waals surface area contributed by atoms with Gasteiger partial charge >= 0.3 is 0 Å². The molecule has 1 atom stereocenters. The normalized spacial score (nSPS) is 13.8. The Kier molecular flexibility index (Phi) is 5.78. The van der Waals surface area contributed by atoms with Crippen LogP contribution in [0, 0.1) is 6.92 Å². The molecule has 0 bridgehead atoms. The summed E-state index contributed by atoms with van der Waals surface area (Å²) < 4.78 is 27.0. The second-order valence-electron chi connectivity index (χ2n) is 4.46. The van der Waals surface area contributed by atoms with E-state index in [4.69, 9.17) is 5.11 Å². The Morgan fingerprint density at radius 1 is 1.50 bits per heavy atom. The average molecular weight is 291 g/mol. The van der Waals surface area contributed by atoms with Crippen LogP contribution in [0.2, 0.25) is 0 Å². The highest BCUT2D eigenvalue weighted by Crippen LogP contribution is 2.25. The minimum absolute atomic E-state index is 0.0631. The molecule has 6 heteroatoms. The van der Waals surface area contributed by atoms with Crippen molar-refractivity contribution in [3.63, 3.8) is 0 Å². The summed E-state index contributed by atoms with van der Waals surface area (Å²) in [5.41, 5.74) is 0. The van der Waals surface area contributed by atoms with Crippen molar-refractivity contribution in [3.8, 4) is 0 Å². The number of unbranched alkanes of at least 4 members (excludes halogenated alkanes) is 1. The largest absolute Gasteiger partial charge is 0.391 e. The van der Waals surface area contributed by atoms with E-state index in [9.17, 15) is 8.42 Å². The molecular formula is C12H21NO3S2. The van der Waals surface area contributed by atoms with Crippen LogP contribution in [0.15, 0.2) is 11.0 Å². The first-order valence-electron chi connectivity index (χ1n) is 6.13. The van der Waals surface area contributed by atoms with Crippen LogP contribution in [-0.4, -0.2) is 19.6 Å². The average Bonchev–Trinajstić information content (AvgIpc) is 2.68. The third kappa shape index (κ3) is 4.05. The Morgan fingerprint density at radius 3 is 2.67 bits per heavy atom. The van der Waals surface area contributed by atoms with E-state index in [1.165, 1.54) is 11.3 Å². The van der Waals surface area contributed by atoms with Crippen LogP contribution in [0.5, 0.6) is 0 Å². The van der Waals surface area contributed by atoms with Crippen molar-refractivity contribution in [2.24, 2.45) is 0 Å². The number of hydrogen-bond acceptors (Lipinski definition) is 4. The van der Waals surface area contributed by atoms with E-state index in [0.717, 1.165) is 19.3 Å². The van der Waals surface area contributed by atoms with Crippen LogP contribution in [0.25, 0.3) is 0 Å². The first-order chi connectivity index (χ1) is 8.40. The van der Waals surface area contributed by atoms with Crippen molar-refractivity contribution in [2.75, 3.05) is 0 Å². The van der Waals surface area contributed by atoms with Gasteiger partial charge in [-0.05, 0) is 26.3 Å². The van der Waals surface area contributed by atoms with Gasteiger partial charge in [-0.1, -0.05) is 19.8 Å². The molecule has 1 heterocycles. The lowest BCUT2D eigenvalue weighted by Gasteiger charge is -2.13. The van der Waals surface area contributed by atoms with E-state index in [1.54, 1.807) is 13.0 Å². The Bertz CT molecular complexity index is 480. The molecule has 0 aliphatic carbocycles. The lowest BCUT2D eigenvalue weighted by atomic mass is 10.2. The minimum atomic E-state index is -3.46. The number of aryl methyl sites for hydroxylation is 1. The second kappa shape index (κ2) is 6.65. The summed E-state index contributed by atoms with van der Waals surface area (Å²) in [5.74, 6) is 0. The predicted octanol–water partition coefficient (Wildman–Crippen LogP) is 2.41. The Labute approximate surface area is 113 Å². The first-order valence-corrected chi connectivity index (χ1v) is 8.43. The summed E-state index contributed by atoms with van der Waals surface area (Å²) in [7, 11) is -3.46. The number of thiophene rings is 1. The zero-order valence-corrected chi connectivity index (χ0v) is 12.7. The molecule has 1 unspecified atom stereocenters. The summed E-state index contributed by atoms with van der Waals surface area (Å²) in [5, 5.41) is 9.03. The molecule has 0 aliphatic heterocycles. The predicted molar refractivity (Wildman–Crippen MR) is 74.3 cm³/mol. The molecule has 1 rings (SSSR count). The Morgan fingerprint density at radius 2 is 2.17 bits per heavy atom. The van der Waals surface area contributed by atoms with Gasteiger partial charge in [0.2, 0.25) is 10.0 Å². The number of aliphatic hydroxyl groups is 1. The van der Waals surface area contributed by atoms with Crippen molar-refractivity contribution < 1.29 is 13.5 Å². The number of aliphatic hydroxyl groups excluding tert-OH is 1. The van der Waals surface area contributed by atoms with Gasteiger partial charge in [-0.2, -0.15) is 0 Å². The minimum Gasteiger partial charge on any atom is -0.391 e. The number of rotatable bonds is 7. The number of hydrogen-bond donors (Lipinski definition) is 2. The molecule has 0 fully saturated rings. The van der Waals surface area contributed by atoms with Gasteiger partial charge in [0, 0.05) is 15.8 Å². The third-order valence-corrected chi connectivity index (χ3v) is 5.60. The monoisotopic (exact) mass is 291 g/mol. The molecule has 0 saturated heterocycles. The molecule has 0 radical (unpaired) electrons. The maximum absolute atomic E-state index is 12.2. The molecule has 0 spiro atoms. The zero-order chi connectivity index (χ0) is 13.8. The van der Waals surface area contributed by atoms with E-state index in [-0.39, 0.29) is 12.6 Å². The molecule has 4 nitrogen and oxygen atoms in total. The van der Waals surface area contributed by atoms with Gasteiger partial charge in [-0.3, -0.25) is 0 Å². The fourth-order valence-electron chi connectivity index (χ4n) is 1.77. The van der Waals surface area contributed by atoms with Crippen molar-refractivity contribution in [1.29, 1.82) is 0 Å². The summed E-state index contributed by atoms with van der Waals surface area (Å²) in [6, 6.07) is 1.49. The van der Waals surface area contributed by atoms with E-state index in [2.05, 4.69) is 11.6 Å². The quantitative estimate of drug-likeness (QED) is 0.810. The van der Waals surface area contributed by atoms with Crippen molar-refractivity contribution >= 4 is 21.4 Å². The van der Waals surface area contributed by atoms with Crippen molar-refractivity contribution in [1.82, 2.24) is 4.72 Å². The smallest absolute Gasteiger partial charge is 0.241 e. The lowest BCUT2D eigenvalue weighted by Crippen LogP contribution is -2.32. The van der Waals surface area contributed by atoms with Crippen LogP contribution in [0.4, 0.5) is 0 Å². The molecule has 0 amide bonds. The van der Waals surface area contributed by atoms with E-state index < -0.39 is 10.0 Å². The Hall–Kier alpha value is -0.430. The fraction of sp³-hybridized carbons (Fsp3) is 0.667. The SMILES string of the molecule is CCCCC(C)NS(=O)(=O)c1cc(CO)sc1C. The van der Waals surface area contributed by atoms with Gasteiger partial charge in [0.1, 0.15) is 0 Å². The van der Waals surface area contributed by atoms with E-state index >= 15 is 0 Å². The number of nitrogens with one attached hydrogen (secondary N) is 1. The molecule has 0 aliphatic rings. The van der Waals surface area contributed by atoms with Crippen LogP contribution < -0.4 is 4.72 Å². The maximum atomic E-state index is 12.2. The second-order valence-corrected chi connectivity index (χ2v) is 7.48. The van der Waals surface area contributed by atoms with Gasteiger partial charge in [0.05, 0.1) is 11.5 Å². The molecule has 1 aromatic heterocycles. The first kappa shape index (κ1) is 15.6. The summed E-state index contributed by atoms with van der Waals surface area (Å²) in [6.45, 7) is 5.60. The maximum Gasteiger partial charge on any atom is 0.241 e. The van der Waals surface area contributed by atoms with Gasteiger partial charge < -0.3 is 5.11 Å². The highest BCUT2D eigenvalue weighted by Gasteiger charge is 2.21. The molecule has 2 N–H and O–H groups in total. The molecule has 0 aromatic carbocycles. The zero-order valence-electron chi connectivity index (χ0n) is 11.1. The molecule has 104 valence electrons. The standard InChI is InChI=1S/C12H21NO3S2/c1-4-5-6-9(2)13-18(15,16)12-7-11(8-14)17-10(12)3/h7,9,13-14H,4-6,8H2,1-3H3. The highest BCUT2D eigenvalue weighted by atomic mass is 32.2. The van der Waals surface area contributed by atoms with E-state index in [0.29, 0.717) is 14.6 Å². The third-order valence-electron chi connectivity index (χ3n) is 2.72. The number of sulfonamides is 1. The van der Waals surface area contributed by atoms with Crippen LogP contribution in [0.3, 0.4) is 0 Å². The van der Waals surface area contributed by atoms with Crippen molar-refractivity contribution in [3.05, 3.63) is 15.8 Å². The van der Waals surface area contributed by atoms with Crippen LogP contribution >= 0.6 is 11.3 Å². The summed E-state index contributed by atoms with van der Waals surface area (Å²) >= 11 is 1.32. The van der Waals surface area contributed by atoms with Crippen molar-refractivity contribution in [2.45, 2.75) is 57.6 Å². The molecule has 1 aromatic rings. The van der Waals surface area contributed by atoms with Gasteiger partial charge in [0.15, 0.2) is 0 Å². The van der Waals surface area contributed by atoms with Crippen LogP contribution in [-0.2, 0) is 16.6 Å². The lowest BCUT2D eigenvalue weighted by molar-refractivity contribution is 0.285. The molecular weight excluding hydrogens is 270 g/mol. The van der Waals surface area contributed by atoms with Crippen LogP contribution in [0.1, 0.15) is 42.9 Å². The van der Waals surface area contributed by atoms with Gasteiger partial charge in [-0.15, -0.1) is 11.3 Å².